The number of nitrogen functional groups attached to an aromatic ring is 1. The predicted octanol–water partition coefficient (Wildman–Crippen LogP) is -1.25. The van der Waals surface area contributed by atoms with Crippen LogP contribution in [0.4, 0.5) is 11.5 Å². The normalized spacial score (nSPS) is 9.94. The molecule has 1 aromatic rings. The zero-order chi connectivity index (χ0) is 13.0. The average molecular weight is 237 g/mol. The second-order valence-corrected chi connectivity index (χ2v) is 3.63. The Morgan fingerprint density at radius 2 is 1.76 bits per heavy atom. The third-order valence-electron chi connectivity index (χ3n) is 2.13. The van der Waals surface area contributed by atoms with Gasteiger partial charge in [0.05, 0.1) is 24.5 Å². The second-order valence-electron chi connectivity index (χ2n) is 3.63. The van der Waals surface area contributed by atoms with Crippen LogP contribution in [0, 0.1) is 6.92 Å². The summed E-state index contributed by atoms with van der Waals surface area (Å²) in [6, 6.07) is 3.25. The standard InChI is InChI=1S/C10H15N5O2/c1-6-7(11)2-3-10(14-6)15(4-8(12)16)5-9(13)17/h2-3H,4-5,11H2,1H3,(H2,12,16)(H2,13,17). The summed E-state index contributed by atoms with van der Waals surface area (Å²) in [5, 5.41) is 0. The number of rotatable bonds is 5. The Bertz CT molecular complexity index is 430. The number of carbonyl (C=O) groups excluding carboxylic acids is 2. The molecule has 1 aromatic heterocycles. The minimum absolute atomic E-state index is 0.126. The first kappa shape index (κ1) is 12.8. The van der Waals surface area contributed by atoms with Gasteiger partial charge in [-0.15, -0.1) is 0 Å². The van der Waals surface area contributed by atoms with Crippen LogP contribution in [0.3, 0.4) is 0 Å². The maximum Gasteiger partial charge on any atom is 0.237 e. The number of carbonyl (C=O) groups is 2. The number of primary amides is 2. The molecule has 92 valence electrons. The van der Waals surface area contributed by atoms with Crippen LogP contribution < -0.4 is 22.1 Å². The Balaban J connectivity index is 2.98. The lowest BCUT2D eigenvalue weighted by atomic mass is 10.3. The predicted molar refractivity (Wildman–Crippen MR) is 64.0 cm³/mol. The van der Waals surface area contributed by atoms with Crippen molar-refractivity contribution < 1.29 is 9.59 Å². The van der Waals surface area contributed by atoms with Crippen LogP contribution in [-0.2, 0) is 9.59 Å². The molecule has 0 radical (unpaired) electrons. The summed E-state index contributed by atoms with van der Waals surface area (Å²) in [5.74, 6) is -0.695. The van der Waals surface area contributed by atoms with Crippen molar-refractivity contribution in [1.82, 2.24) is 4.98 Å². The zero-order valence-corrected chi connectivity index (χ0v) is 9.51. The van der Waals surface area contributed by atoms with E-state index in [-0.39, 0.29) is 13.1 Å². The number of hydrogen-bond donors (Lipinski definition) is 3. The van der Waals surface area contributed by atoms with Gasteiger partial charge in [0.25, 0.3) is 0 Å². The second kappa shape index (κ2) is 5.15. The molecule has 0 saturated heterocycles. The Morgan fingerprint density at radius 1 is 1.24 bits per heavy atom. The topological polar surface area (TPSA) is 128 Å². The van der Waals surface area contributed by atoms with Gasteiger partial charge in [-0.25, -0.2) is 4.98 Å². The Kier molecular flexibility index (Phi) is 3.86. The molecule has 0 aromatic carbocycles. The fourth-order valence-electron chi connectivity index (χ4n) is 1.33. The van der Waals surface area contributed by atoms with Crippen molar-refractivity contribution >= 4 is 23.3 Å². The molecule has 7 nitrogen and oxygen atoms in total. The number of amides is 2. The zero-order valence-electron chi connectivity index (χ0n) is 9.51. The molecule has 0 atom stereocenters. The summed E-state index contributed by atoms with van der Waals surface area (Å²) in [6.07, 6.45) is 0. The van der Waals surface area contributed by atoms with Crippen molar-refractivity contribution in [3.8, 4) is 0 Å². The molecule has 0 aliphatic heterocycles. The summed E-state index contributed by atoms with van der Waals surface area (Å²) in [7, 11) is 0. The van der Waals surface area contributed by atoms with E-state index in [1.54, 1.807) is 19.1 Å². The first-order chi connectivity index (χ1) is 7.90. The molecule has 0 spiro atoms. The number of nitrogens with two attached hydrogens (primary N) is 3. The van der Waals surface area contributed by atoms with E-state index in [1.165, 1.54) is 4.90 Å². The SMILES string of the molecule is Cc1nc(N(CC(N)=O)CC(N)=O)ccc1N. The third-order valence-corrected chi connectivity index (χ3v) is 2.13. The van der Waals surface area contributed by atoms with Gasteiger partial charge in [-0.3, -0.25) is 9.59 Å². The molecule has 17 heavy (non-hydrogen) atoms. The number of pyridine rings is 1. The number of aromatic nitrogens is 1. The van der Waals surface area contributed by atoms with Crippen LogP contribution in [0.15, 0.2) is 12.1 Å². The summed E-state index contributed by atoms with van der Waals surface area (Å²) in [6.45, 7) is 1.48. The lowest BCUT2D eigenvalue weighted by molar-refractivity contribution is -0.117. The van der Waals surface area contributed by atoms with Crippen LogP contribution in [0.25, 0.3) is 0 Å². The molecular weight excluding hydrogens is 222 g/mol. The van der Waals surface area contributed by atoms with Crippen molar-refractivity contribution in [3.63, 3.8) is 0 Å². The first-order valence-electron chi connectivity index (χ1n) is 4.95. The average Bonchev–Trinajstić information content (AvgIpc) is 2.19. The quantitative estimate of drug-likeness (QED) is 0.589. The molecule has 7 heteroatoms. The van der Waals surface area contributed by atoms with Gasteiger partial charge in [0.15, 0.2) is 0 Å². The molecule has 0 fully saturated rings. The van der Waals surface area contributed by atoms with E-state index in [4.69, 9.17) is 17.2 Å². The van der Waals surface area contributed by atoms with Gasteiger partial charge in [-0.05, 0) is 19.1 Å². The number of aryl methyl sites for hydroxylation is 1. The van der Waals surface area contributed by atoms with Crippen LogP contribution in [0.2, 0.25) is 0 Å². The van der Waals surface area contributed by atoms with E-state index in [0.29, 0.717) is 17.2 Å². The molecule has 1 rings (SSSR count). The van der Waals surface area contributed by atoms with Gasteiger partial charge < -0.3 is 22.1 Å². The van der Waals surface area contributed by atoms with Crippen molar-refractivity contribution in [2.45, 2.75) is 6.92 Å². The van der Waals surface area contributed by atoms with Gasteiger partial charge >= 0.3 is 0 Å². The molecule has 1 heterocycles. The first-order valence-corrected chi connectivity index (χ1v) is 4.95. The van der Waals surface area contributed by atoms with E-state index in [1.807, 2.05) is 0 Å². The highest BCUT2D eigenvalue weighted by Gasteiger charge is 2.13. The Hall–Kier alpha value is -2.31. The van der Waals surface area contributed by atoms with E-state index in [2.05, 4.69) is 4.98 Å². The van der Waals surface area contributed by atoms with Gasteiger partial charge in [0, 0.05) is 0 Å². The van der Waals surface area contributed by atoms with Crippen LogP contribution in [0.1, 0.15) is 5.69 Å². The largest absolute Gasteiger partial charge is 0.397 e. The van der Waals surface area contributed by atoms with Crippen molar-refractivity contribution in [2.24, 2.45) is 11.5 Å². The van der Waals surface area contributed by atoms with E-state index in [0.717, 1.165) is 0 Å². The molecule has 0 unspecified atom stereocenters. The molecule has 2 amide bonds. The third kappa shape index (κ3) is 3.63. The fourth-order valence-corrected chi connectivity index (χ4v) is 1.33. The minimum atomic E-state index is -0.567. The molecule has 6 N–H and O–H groups in total. The summed E-state index contributed by atoms with van der Waals surface area (Å²) < 4.78 is 0. The maximum atomic E-state index is 10.9. The van der Waals surface area contributed by atoms with E-state index >= 15 is 0 Å². The van der Waals surface area contributed by atoms with Gasteiger partial charge in [-0.2, -0.15) is 0 Å². The summed E-state index contributed by atoms with van der Waals surface area (Å²) in [4.78, 5) is 27.3. The molecule has 0 aliphatic carbocycles. The van der Waals surface area contributed by atoms with E-state index in [9.17, 15) is 9.59 Å². The molecular formula is C10H15N5O2. The van der Waals surface area contributed by atoms with Gasteiger partial charge in [0.2, 0.25) is 11.8 Å². The highest BCUT2D eigenvalue weighted by Crippen LogP contribution is 2.15. The van der Waals surface area contributed by atoms with Crippen LogP contribution >= 0.6 is 0 Å². The number of nitrogens with zero attached hydrogens (tertiary/aromatic N) is 2. The van der Waals surface area contributed by atoms with Crippen LogP contribution in [0.5, 0.6) is 0 Å². The molecule has 0 bridgehead atoms. The van der Waals surface area contributed by atoms with Gasteiger partial charge in [0.1, 0.15) is 5.82 Å². The lowest BCUT2D eigenvalue weighted by Crippen LogP contribution is -2.40. The summed E-state index contributed by atoms with van der Waals surface area (Å²) in [5.41, 5.74) is 17.0. The highest BCUT2D eigenvalue weighted by molar-refractivity contribution is 5.84. The molecule has 0 saturated carbocycles. The Morgan fingerprint density at radius 3 is 2.18 bits per heavy atom. The smallest absolute Gasteiger partial charge is 0.237 e. The Labute approximate surface area is 98.6 Å². The van der Waals surface area contributed by atoms with Crippen molar-refractivity contribution in [3.05, 3.63) is 17.8 Å². The van der Waals surface area contributed by atoms with Gasteiger partial charge in [-0.1, -0.05) is 0 Å². The van der Waals surface area contributed by atoms with Crippen LogP contribution in [-0.4, -0.2) is 29.9 Å². The van der Waals surface area contributed by atoms with Crippen molar-refractivity contribution in [1.29, 1.82) is 0 Å². The maximum absolute atomic E-state index is 10.9. The lowest BCUT2D eigenvalue weighted by Gasteiger charge is -2.21. The highest BCUT2D eigenvalue weighted by atomic mass is 16.2. The number of hydrogen-bond acceptors (Lipinski definition) is 5. The van der Waals surface area contributed by atoms with E-state index < -0.39 is 11.8 Å². The monoisotopic (exact) mass is 237 g/mol. The molecule has 0 aliphatic rings. The summed E-state index contributed by atoms with van der Waals surface area (Å²) >= 11 is 0. The minimum Gasteiger partial charge on any atom is -0.397 e. The van der Waals surface area contributed by atoms with Crippen molar-refractivity contribution in [2.75, 3.05) is 23.7 Å². The fraction of sp³-hybridized carbons (Fsp3) is 0.300. The number of anilines is 2.